The number of benzene rings is 1. The minimum absolute atomic E-state index is 0.00522. The van der Waals surface area contributed by atoms with Crippen molar-refractivity contribution < 1.29 is 14.1 Å². The van der Waals surface area contributed by atoms with Gasteiger partial charge in [0.15, 0.2) is 0 Å². The Hall–Kier alpha value is -3.35. The summed E-state index contributed by atoms with van der Waals surface area (Å²) >= 11 is 0. The number of hydrogen-bond donors (Lipinski definition) is 3. The topological polar surface area (TPSA) is 100 Å². The molecule has 0 saturated carbocycles. The summed E-state index contributed by atoms with van der Waals surface area (Å²) in [4.78, 5) is 26.3. The molecule has 7 nitrogen and oxygen atoms in total. The smallest absolute Gasteiger partial charge is 0.308 e. The van der Waals surface area contributed by atoms with E-state index in [1.165, 1.54) is 6.07 Å². The molecule has 2 heterocycles. The molecule has 3 N–H and O–H groups in total. The first-order chi connectivity index (χ1) is 10.7. The summed E-state index contributed by atoms with van der Waals surface area (Å²) in [5.74, 6) is -1.04. The molecule has 0 unspecified atom stereocenters. The van der Waals surface area contributed by atoms with Crippen molar-refractivity contribution in [3.05, 3.63) is 66.2 Å². The Morgan fingerprint density at radius 3 is 2.50 bits per heavy atom. The molecule has 1 aromatic carbocycles. The van der Waals surface area contributed by atoms with Crippen LogP contribution in [0.15, 0.2) is 59.3 Å². The number of carbonyl (C=O) groups excluding carboxylic acids is 2. The zero-order valence-electron chi connectivity index (χ0n) is 11.4. The van der Waals surface area contributed by atoms with Gasteiger partial charge in [0, 0.05) is 17.8 Å². The molecule has 0 aliphatic rings. The van der Waals surface area contributed by atoms with Crippen LogP contribution in [0.2, 0.25) is 0 Å². The van der Waals surface area contributed by atoms with Crippen LogP contribution < -0.4 is 10.9 Å². The van der Waals surface area contributed by atoms with E-state index in [0.29, 0.717) is 11.4 Å². The quantitative estimate of drug-likeness (QED) is 0.641. The SMILES string of the molecule is O=C(NNC(=O)c1cc(-c2ccccc2)no1)c1ccc[nH]1. The van der Waals surface area contributed by atoms with E-state index in [2.05, 4.69) is 21.0 Å². The Morgan fingerprint density at radius 1 is 1.00 bits per heavy atom. The number of H-pyrrole nitrogens is 1. The monoisotopic (exact) mass is 296 g/mol. The summed E-state index contributed by atoms with van der Waals surface area (Å²) in [6, 6.07) is 14.1. The Morgan fingerprint density at radius 2 is 1.77 bits per heavy atom. The number of nitrogens with one attached hydrogen (secondary N) is 3. The van der Waals surface area contributed by atoms with Gasteiger partial charge in [0.25, 0.3) is 5.91 Å². The van der Waals surface area contributed by atoms with E-state index in [0.717, 1.165) is 5.56 Å². The van der Waals surface area contributed by atoms with Gasteiger partial charge in [-0.15, -0.1) is 0 Å². The van der Waals surface area contributed by atoms with Crippen LogP contribution in [0.5, 0.6) is 0 Å². The first kappa shape index (κ1) is 13.6. The van der Waals surface area contributed by atoms with Gasteiger partial charge < -0.3 is 9.51 Å². The molecule has 0 fully saturated rings. The minimum atomic E-state index is -0.588. The highest BCUT2D eigenvalue weighted by molar-refractivity contribution is 5.97. The molecular weight excluding hydrogens is 284 g/mol. The molecule has 3 aromatic rings. The number of carbonyl (C=O) groups is 2. The lowest BCUT2D eigenvalue weighted by Crippen LogP contribution is -2.41. The molecule has 110 valence electrons. The average Bonchev–Trinajstić information content (AvgIpc) is 3.24. The van der Waals surface area contributed by atoms with E-state index in [4.69, 9.17) is 4.52 Å². The predicted molar refractivity (Wildman–Crippen MR) is 77.7 cm³/mol. The third-order valence-corrected chi connectivity index (χ3v) is 2.94. The second-order valence-electron chi connectivity index (χ2n) is 4.43. The molecule has 0 saturated heterocycles. The molecule has 0 bridgehead atoms. The summed E-state index contributed by atoms with van der Waals surface area (Å²) < 4.78 is 4.98. The molecule has 3 rings (SSSR count). The minimum Gasteiger partial charge on any atom is -0.357 e. The van der Waals surface area contributed by atoms with E-state index in [-0.39, 0.29) is 5.76 Å². The summed E-state index contributed by atoms with van der Waals surface area (Å²) in [5.41, 5.74) is 6.25. The molecule has 0 aliphatic carbocycles. The molecule has 7 heteroatoms. The van der Waals surface area contributed by atoms with Crippen molar-refractivity contribution >= 4 is 11.8 Å². The largest absolute Gasteiger partial charge is 0.357 e. The second kappa shape index (κ2) is 5.96. The van der Waals surface area contributed by atoms with Crippen LogP contribution in [-0.2, 0) is 0 Å². The van der Waals surface area contributed by atoms with E-state index in [1.54, 1.807) is 18.3 Å². The van der Waals surface area contributed by atoms with Gasteiger partial charge in [0.1, 0.15) is 11.4 Å². The van der Waals surface area contributed by atoms with Gasteiger partial charge in [-0.1, -0.05) is 35.5 Å². The molecule has 0 atom stereocenters. The Kier molecular flexibility index (Phi) is 3.69. The first-order valence-corrected chi connectivity index (χ1v) is 6.50. The highest BCUT2D eigenvalue weighted by atomic mass is 16.5. The zero-order valence-corrected chi connectivity index (χ0v) is 11.4. The summed E-state index contributed by atoms with van der Waals surface area (Å²) in [5, 5.41) is 3.83. The normalized spacial score (nSPS) is 10.2. The van der Waals surface area contributed by atoms with Crippen LogP contribution in [0.3, 0.4) is 0 Å². The van der Waals surface area contributed by atoms with Gasteiger partial charge in [-0.25, -0.2) is 0 Å². The van der Waals surface area contributed by atoms with Crippen molar-refractivity contribution in [1.82, 2.24) is 21.0 Å². The maximum Gasteiger partial charge on any atom is 0.308 e. The molecular formula is C15H12N4O3. The fraction of sp³-hybridized carbons (Fsp3) is 0. The second-order valence-corrected chi connectivity index (χ2v) is 4.43. The Balaban J connectivity index is 1.64. The number of aromatic nitrogens is 2. The highest BCUT2D eigenvalue weighted by Gasteiger charge is 2.15. The van der Waals surface area contributed by atoms with Crippen molar-refractivity contribution in [3.63, 3.8) is 0 Å². The van der Waals surface area contributed by atoms with E-state index in [9.17, 15) is 9.59 Å². The van der Waals surface area contributed by atoms with Gasteiger partial charge in [-0.05, 0) is 12.1 Å². The van der Waals surface area contributed by atoms with E-state index in [1.807, 2.05) is 30.3 Å². The molecule has 0 spiro atoms. The lowest BCUT2D eigenvalue weighted by molar-refractivity contribution is 0.0823. The lowest BCUT2D eigenvalue weighted by atomic mass is 10.1. The summed E-state index contributed by atoms with van der Waals surface area (Å²) in [7, 11) is 0. The number of aromatic amines is 1. The molecule has 0 radical (unpaired) electrons. The third-order valence-electron chi connectivity index (χ3n) is 2.94. The number of hydrazine groups is 1. The van der Waals surface area contributed by atoms with Crippen LogP contribution in [0, 0.1) is 0 Å². The molecule has 2 aromatic heterocycles. The molecule has 22 heavy (non-hydrogen) atoms. The lowest BCUT2D eigenvalue weighted by Gasteiger charge is -2.03. The van der Waals surface area contributed by atoms with Gasteiger partial charge in [-0.3, -0.25) is 20.4 Å². The van der Waals surface area contributed by atoms with E-state index >= 15 is 0 Å². The van der Waals surface area contributed by atoms with Crippen molar-refractivity contribution in [3.8, 4) is 11.3 Å². The van der Waals surface area contributed by atoms with Gasteiger partial charge in [0.2, 0.25) is 5.76 Å². The van der Waals surface area contributed by atoms with Crippen LogP contribution in [0.25, 0.3) is 11.3 Å². The maximum absolute atomic E-state index is 11.9. The molecule has 0 aliphatic heterocycles. The standard InChI is InChI=1S/C15H12N4O3/c20-14(11-7-4-8-16-11)17-18-15(21)13-9-12(19-22-13)10-5-2-1-3-6-10/h1-9,16H,(H,17,20)(H,18,21). The van der Waals surface area contributed by atoms with Gasteiger partial charge in [-0.2, -0.15) is 0 Å². The van der Waals surface area contributed by atoms with Gasteiger partial charge in [0.05, 0.1) is 0 Å². The van der Waals surface area contributed by atoms with Crippen LogP contribution in [-0.4, -0.2) is 22.0 Å². The number of rotatable bonds is 3. The highest BCUT2D eigenvalue weighted by Crippen LogP contribution is 2.18. The zero-order chi connectivity index (χ0) is 15.4. The Bertz CT molecular complexity index is 778. The number of nitrogens with zero attached hydrogens (tertiary/aromatic N) is 1. The van der Waals surface area contributed by atoms with Gasteiger partial charge >= 0.3 is 5.91 Å². The molecule has 2 amide bonds. The fourth-order valence-corrected chi connectivity index (χ4v) is 1.84. The van der Waals surface area contributed by atoms with Crippen LogP contribution >= 0.6 is 0 Å². The average molecular weight is 296 g/mol. The van der Waals surface area contributed by atoms with Crippen molar-refractivity contribution in [2.75, 3.05) is 0 Å². The Labute approximate surface area is 125 Å². The van der Waals surface area contributed by atoms with Crippen molar-refractivity contribution in [2.45, 2.75) is 0 Å². The van der Waals surface area contributed by atoms with Crippen LogP contribution in [0.1, 0.15) is 21.0 Å². The fourth-order valence-electron chi connectivity index (χ4n) is 1.84. The summed E-state index contributed by atoms with van der Waals surface area (Å²) in [6.07, 6.45) is 1.61. The predicted octanol–water partition coefficient (Wildman–Crippen LogP) is 1.74. The number of amides is 2. The first-order valence-electron chi connectivity index (χ1n) is 6.50. The maximum atomic E-state index is 11.9. The van der Waals surface area contributed by atoms with E-state index < -0.39 is 11.8 Å². The summed E-state index contributed by atoms with van der Waals surface area (Å²) in [6.45, 7) is 0. The van der Waals surface area contributed by atoms with Crippen LogP contribution in [0.4, 0.5) is 0 Å². The van der Waals surface area contributed by atoms with Crippen molar-refractivity contribution in [2.24, 2.45) is 0 Å². The van der Waals surface area contributed by atoms with Crippen molar-refractivity contribution in [1.29, 1.82) is 0 Å². The third kappa shape index (κ3) is 2.88. The number of hydrogen-bond acceptors (Lipinski definition) is 4.